The molecule has 1 aliphatic rings. The van der Waals surface area contributed by atoms with Crippen molar-refractivity contribution >= 4 is 11.7 Å². The van der Waals surface area contributed by atoms with E-state index in [0.717, 1.165) is 16.9 Å². The van der Waals surface area contributed by atoms with Crippen LogP contribution in [0.3, 0.4) is 0 Å². The Morgan fingerprint density at radius 3 is 2.58 bits per heavy atom. The van der Waals surface area contributed by atoms with Crippen LogP contribution in [-0.2, 0) is 10.3 Å². The van der Waals surface area contributed by atoms with E-state index < -0.39 is 0 Å². The van der Waals surface area contributed by atoms with Gasteiger partial charge in [0.1, 0.15) is 5.82 Å². The van der Waals surface area contributed by atoms with Crippen molar-refractivity contribution in [2.45, 2.75) is 38.6 Å². The lowest BCUT2D eigenvalue weighted by Gasteiger charge is -2.28. The molecule has 6 nitrogen and oxygen atoms in total. The average Bonchev–Trinajstić information content (AvgIpc) is 2.96. The summed E-state index contributed by atoms with van der Waals surface area (Å²) in [5.74, 6) is 1.94. The molecule has 0 saturated carbocycles. The number of rotatable bonds is 3. The van der Waals surface area contributed by atoms with Crippen LogP contribution in [0.15, 0.2) is 24.4 Å². The van der Waals surface area contributed by atoms with E-state index in [1.807, 2.05) is 29.1 Å². The maximum Gasteiger partial charge on any atom is 0.226 e. The molecule has 2 heterocycles. The number of hydrogen-bond donors (Lipinski definition) is 1. The van der Waals surface area contributed by atoms with Gasteiger partial charge in [-0.15, -0.1) is 0 Å². The topological polar surface area (TPSA) is 65.4 Å². The molecule has 1 amide bonds. The Morgan fingerprint density at radius 1 is 1.21 bits per heavy atom. The van der Waals surface area contributed by atoms with Crippen LogP contribution in [0.1, 0.15) is 44.2 Å². The highest BCUT2D eigenvalue weighted by atomic mass is 16.5. The van der Waals surface area contributed by atoms with E-state index >= 15 is 0 Å². The lowest BCUT2D eigenvalue weighted by Crippen LogP contribution is -2.30. The summed E-state index contributed by atoms with van der Waals surface area (Å²) in [7, 11) is 3.22. The number of hydrogen-bond acceptors (Lipinski definition) is 4. The molecule has 1 aromatic heterocycles. The molecule has 0 fully saturated rings. The molecular weight excluding hydrogens is 306 g/mol. The highest BCUT2D eigenvalue weighted by Gasteiger charge is 2.34. The van der Waals surface area contributed by atoms with Crippen molar-refractivity contribution in [3.8, 4) is 11.5 Å². The Morgan fingerprint density at radius 2 is 1.96 bits per heavy atom. The predicted octanol–water partition coefficient (Wildman–Crippen LogP) is 3.13. The number of nitrogens with one attached hydrogen (secondary N) is 1. The molecule has 1 atom stereocenters. The number of aromatic nitrogens is 2. The smallest absolute Gasteiger partial charge is 0.226 e. The molecule has 0 saturated heterocycles. The molecule has 1 aliphatic heterocycles. The first kappa shape index (κ1) is 16.4. The van der Waals surface area contributed by atoms with Crippen molar-refractivity contribution in [1.29, 1.82) is 0 Å². The second-order valence-corrected chi connectivity index (χ2v) is 6.92. The summed E-state index contributed by atoms with van der Waals surface area (Å²) >= 11 is 0. The zero-order valence-corrected chi connectivity index (χ0v) is 14.7. The van der Waals surface area contributed by atoms with Gasteiger partial charge in [-0.3, -0.25) is 4.79 Å². The van der Waals surface area contributed by atoms with E-state index in [-0.39, 0.29) is 17.4 Å². The molecule has 6 heteroatoms. The molecule has 0 bridgehead atoms. The van der Waals surface area contributed by atoms with Crippen molar-refractivity contribution in [1.82, 2.24) is 9.78 Å². The van der Waals surface area contributed by atoms with Gasteiger partial charge in [-0.05, 0) is 26.8 Å². The van der Waals surface area contributed by atoms with Gasteiger partial charge in [-0.2, -0.15) is 5.10 Å². The molecule has 24 heavy (non-hydrogen) atoms. The Hall–Kier alpha value is -2.50. The lowest BCUT2D eigenvalue weighted by atomic mass is 9.86. The minimum Gasteiger partial charge on any atom is -0.493 e. The molecule has 0 aliphatic carbocycles. The summed E-state index contributed by atoms with van der Waals surface area (Å²) in [5, 5.41) is 7.48. The predicted molar refractivity (Wildman–Crippen MR) is 91.9 cm³/mol. The first-order chi connectivity index (χ1) is 11.4. The first-order valence-electron chi connectivity index (χ1n) is 7.96. The number of fused-ring (bicyclic) bond motifs is 1. The Kier molecular flexibility index (Phi) is 3.99. The number of nitrogens with zero attached hydrogens (tertiary/aromatic N) is 2. The summed E-state index contributed by atoms with van der Waals surface area (Å²) in [6, 6.07) is 5.74. The second-order valence-electron chi connectivity index (χ2n) is 6.92. The van der Waals surface area contributed by atoms with Crippen LogP contribution >= 0.6 is 0 Å². The average molecular weight is 329 g/mol. The monoisotopic (exact) mass is 329 g/mol. The highest BCUT2D eigenvalue weighted by Crippen LogP contribution is 2.44. The molecule has 128 valence electrons. The molecule has 1 N–H and O–H groups in total. The van der Waals surface area contributed by atoms with E-state index in [0.29, 0.717) is 17.9 Å². The largest absolute Gasteiger partial charge is 0.493 e. The molecule has 1 aromatic carbocycles. The van der Waals surface area contributed by atoms with Crippen LogP contribution < -0.4 is 14.8 Å². The van der Waals surface area contributed by atoms with Crippen molar-refractivity contribution < 1.29 is 14.3 Å². The fourth-order valence-electron chi connectivity index (χ4n) is 3.19. The quantitative estimate of drug-likeness (QED) is 0.939. The summed E-state index contributed by atoms with van der Waals surface area (Å²) in [5.41, 5.74) is 1.71. The van der Waals surface area contributed by atoms with E-state index in [1.54, 1.807) is 14.2 Å². The highest BCUT2D eigenvalue weighted by molar-refractivity contribution is 5.94. The van der Waals surface area contributed by atoms with Gasteiger partial charge < -0.3 is 14.8 Å². The maximum absolute atomic E-state index is 12.3. The number of methoxy groups -OCH3 is 2. The fraction of sp³-hybridized carbons (Fsp3) is 0.444. The molecular formula is C18H23N3O3. The molecule has 3 rings (SSSR count). The maximum atomic E-state index is 12.3. The summed E-state index contributed by atoms with van der Waals surface area (Å²) in [4.78, 5) is 12.3. The van der Waals surface area contributed by atoms with Crippen molar-refractivity contribution in [2.75, 3.05) is 19.5 Å². The van der Waals surface area contributed by atoms with Gasteiger partial charge >= 0.3 is 0 Å². The summed E-state index contributed by atoms with van der Waals surface area (Å²) in [6.07, 6.45) is 2.19. The van der Waals surface area contributed by atoms with Gasteiger partial charge in [0.2, 0.25) is 5.91 Å². The third-order valence-electron chi connectivity index (χ3n) is 4.26. The van der Waals surface area contributed by atoms with E-state index in [2.05, 4.69) is 31.2 Å². The Balaban J connectivity index is 2.16. The van der Waals surface area contributed by atoms with Gasteiger partial charge in [0.15, 0.2) is 11.5 Å². The Labute approximate surface area is 141 Å². The SMILES string of the molecule is COc1cccc([C@@H]2CC(=O)Nc3c2cnn3C(C)(C)C)c1OC. The number of ether oxygens (including phenoxy) is 2. The first-order valence-corrected chi connectivity index (χ1v) is 7.96. The number of carbonyl (C=O) groups is 1. The second kappa shape index (κ2) is 5.85. The van der Waals surface area contributed by atoms with Gasteiger partial charge in [0.25, 0.3) is 0 Å². The van der Waals surface area contributed by atoms with Crippen molar-refractivity contribution in [2.24, 2.45) is 0 Å². The van der Waals surface area contributed by atoms with Crippen LogP contribution in [0.4, 0.5) is 5.82 Å². The Bertz CT molecular complexity index is 774. The number of amides is 1. The third-order valence-corrected chi connectivity index (χ3v) is 4.26. The standard InChI is InChI=1S/C18H23N3O3/c1-18(2,3)21-17-13(10-19-21)12(9-15(22)20-17)11-7-6-8-14(23-4)16(11)24-5/h6-8,10,12H,9H2,1-5H3,(H,20,22)/t12-/m0/s1. The molecule has 0 spiro atoms. The van der Waals surface area contributed by atoms with E-state index in [1.165, 1.54) is 0 Å². The normalized spacial score (nSPS) is 17.2. The summed E-state index contributed by atoms with van der Waals surface area (Å²) in [6.45, 7) is 6.17. The van der Waals surface area contributed by atoms with Crippen LogP contribution in [-0.4, -0.2) is 29.9 Å². The fourth-order valence-corrected chi connectivity index (χ4v) is 3.19. The van der Waals surface area contributed by atoms with Gasteiger partial charge in [0.05, 0.1) is 26.0 Å². The number of benzene rings is 1. The van der Waals surface area contributed by atoms with Gasteiger partial charge in [-0.25, -0.2) is 4.68 Å². The zero-order valence-electron chi connectivity index (χ0n) is 14.7. The van der Waals surface area contributed by atoms with Gasteiger partial charge in [0, 0.05) is 23.5 Å². The van der Waals surface area contributed by atoms with E-state index in [4.69, 9.17) is 9.47 Å². The van der Waals surface area contributed by atoms with Crippen molar-refractivity contribution in [3.05, 3.63) is 35.5 Å². The van der Waals surface area contributed by atoms with Crippen molar-refractivity contribution in [3.63, 3.8) is 0 Å². The number of anilines is 1. The number of para-hydroxylation sites is 1. The molecule has 0 radical (unpaired) electrons. The lowest BCUT2D eigenvalue weighted by molar-refractivity contribution is -0.116. The third kappa shape index (κ3) is 2.62. The van der Waals surface area contributed by atoms with Gasteiger partial charge in [-0.1, -0.05) is 12.1 Å². The van der Waals surface area contributed by atoms with Crippen LogP contribution in [0, 0.1) is 0 Å². The molecule has 0 unspecified atom stereocenters. The number of carbonyl (C=O) groups excluding carboxylic acids is 1. The minimum absolute atomic E-state index is 0.0247. The summed E-state index contributed by atoms with van der Waals surface area (Å²) < 4.78 is 12.8. The van der Waals surface area contributed by atoms with E-state index in [9.17, 15) is 4.79 Å². The van der Waals surface area contributed by atoms with Crippen LogP contribution in [0.25, 0.3) is 0 Å². The zero-order chi connectivity index (χ0) is 17.5. The minimum atomic E-state index is -0.221. The van der Waals surface area contributed by atoms with Crippen LogP contribution in [0.2, 0.25) is 0 Å². The van der Waals surface area contributed by atoms with Crippen LogP contribution in [0.5, 0.6) is 11.5 Å². The molecule has 2 aromatic rings.